The van der Waals surface area contributed by atoms with Gasteiger partial charge in [0.25, 0.3) is 0 Å². The van der Waals surface area contributed by atoms with Gasteiger partial charge in [0.15, 0.2) is 0 Å². The minimum absolute atomic E-state index is 0.271. The van der Waals surface area contributed by atoms with Crippen molar-refractivity contribution in [3.63, 3.8) is 0 Å². The van der Waals surface area contributed by atoms with Crippen LogP contribution in [0.1, 0.15) is 52.4 Å². The molecule has 0 aromatic rings. The number of unbranched alkanes of at least 4 members (excludes halogenated alkanes) is 2. The number of hydrogen-bond acceptors (Lipinski definition) is 2. The topological polar surface area (TPSA) is 46.3 Å². The lowest BCUT2D eigenvalue weighted by Gasteiger charge is -2.24. The molecular formula is C12H26N2O. The fourth-order valence-electron chi connectivity index (χ4n) is 1.63. The van der Waals surface area contributed by atoms with Crippen molar-refractivity contribution in [2.75, 3.05) is 13.6 Å². The van der Waals surface area contributed by atoms with Crippen molar-refractivity contribution >= 4 is 5.91 Å². The molecule has 0 aliphatic rings. The second kappa shape index (κ2) is 8.72. The van der Waals surface area contributed by atoms with Crippen molar-refractivity contribution in [2.45, 2.75) is 58.4 Å². The van der Waals surface area contributed by atoms with E-state index in [1.807, 2.05) is 11.9 Å². The van der Waals surface area contributed by atoms with Crippen LogP contribution in [0.25, 0.3) is 0 Å². The van der Waals surface area contributed by atoms with E-state index in [0.29, 0.717) is 12.5 Å². The monoisotopic (exact) mass is 214 g/mol. The summed E-state index contributed by atoms with van der Waals surface area (Å²) < 4.78 is 0. The van der Waals surface area contributed by atoms with E-state index in [1.165, 1.54) is 0 Å². The van der Waals surface area contributed by atoms with E-state index in [-0.39, 0.29) is 5.91 Å². The number of rotatable bonds is 8. The number of hydrogen-bond donors (Lipinski definition) is 1. The third-order valence-electron chi connectivity index (χ3n) is 2.86. The summed E-state index contributed by atoms with van der Waals surface area (Å²) in [4.78, 5) is 13.6. The summed E-state index contributed by atoms with van der Waals surface area (Å²) in [5.74, 6) is 0.271. The van der Waals surface area contributed by atoms with Gasteiger partial charge in [-0.05, 0) is 32.7 Å². The Bertz CT molecular complexity index is 171. The van der Waals surface area contributed by atoms with Crippen LogP contribution in [-0.4, -0.2) is 30.4 Å². The number of amides is 1. The Hall–Kier alpha value is -0.570. The average molecular weight is 214 g/mol. The first-order chi connectivity index (χ1) is 7.13. The maximum Gasteiger partial charge on any atom is 0.222 e. The standard InChI is InChI=1S/C12H26N2O/c1-4-8-11(2)14(3)12(15)9-6-5-7-10-13/h11H,4-10,13H2,1-3H3. The summed E-state index contributed by atoms with van der Waals surface area (Å²) in [5.41, 5.74) is 5.40. The predicted molar refractivity (Wildman–Crippen MR) is 64.7 cm³/mol. The van der Waals surface area contributed by atoms with Gasteiger partial charge in [-0.25, -0.2) is 0 Å². The molecule has 2 N–H and O–H groups in total. The molecule has 0 spiro atoms. The Morgan fingerprint density at radius 3 is 2.53 bits per heavy atom. The highest BCUT2D eigenvalue weighted by molar-refractivity contribution is 5.76. The molecule has 3 nitrogen and oxygen atoms in total. The van der Waals surface area contributed by atoms with Gasteiger partial charge >= 0.3 is 0 Å². The second-order valence-electron chi connectivity index (χ2n) is 4.24. The average Bonchev–Trinajstić information content (AvgIpc) is 2.23. The molecule has 0 bridgehead atoms. The van der Waals surface area contributed by atoms with Gasteiger partial charge in [0.1, 0.15) is 0 Å². The first-order valence-electron chi connectivity index (χ1n) is 6.09. The van der Waals surface area contributed by atoms with E-state index in [1.54, 1.807) is 0 Å². The van der Waals surface area contributed by atoms with Crippen LogP contribution >= 0.6 is 0 Å². The molecule has 0 fully saturated rings. The highest BCUT2D eigenvalue weighted by Crippen LogP contribution is 2.08. The summed E-state index contributed by atoms with van der Waals surface area (Å²) in [6.45, 7) is 4.99. The van der Waals surface area contributed by atoms with E-state index < -0.39 is 0 Å². The summed E-state index contributed by atoms with van der Waals surface area (Å²) in [6.07, 6.45) is 5.96. The molecule has 90 valence electrons. The molecule has 0 radical (unpaired) electrons. The highest BCUT2D eigenvalue weighted by Gasteiger charge is 2.13. The molecule has 0 saturated heterocycles. The van der Waals surface area contributed by atoms with Gasteiger partial charge in [0.05, 0.1) is 0 Å². The van der Waals surface area contributed by atoms with E-state index in [0.717, 1.165) is 38.6 Å². The van der Waals surface area contributed by atoms with Crippen LogP contribution in [0.4, 0.5) is 0 Å². The third-order valence-corrected chi connectivity index (χ3v) is 2.86. The fourth-order valence-corrected chi connectivity index (χ4v) is 1.63. The Kier molecular flexibility index (Phi) is 8.38. The van der Waals surface area contributed by atoms with Crippen LogP contribution < -0.4 is 5.73 Å². The van der Waals surface area contributed by atoms with Crippen LogP contribution in [0.3, 0.4) is 0 Å². The van der Waals surface area contributed by atoms with E-state index in [2.05, 4.69) is 13.8 Å². The minimum Gasteiger partial charge on any atom is -0.343 e. The number of nitrogens with zero attached hydrogens (tertiary/aromatic N) is 1. The maximum atomic E-state index is 11.7. The SMILES string of the molecule is CCCC(C)N(C)C(=O)CCCCCN. The lowest BCUT2D eigenvalue weighted by Crippen LogP contribution is -2.34. The van der Waals surface area contributed by atoms with Gasteiger partial charge in [0, 0.05) is 19.5 Å². The Morgan fingerprint density at radius 2 is 2.00 bits per heavy atom. The van der Waals surface area contributed by atoms with Crippen molar-refractivity contribution in [1.29, 1.82) is 0 Å². The zero-order valence-corrected chi connectivity index (χ0v) is 10.5. The molecular weight excluding hydrogens is 188 g/mol. The normalized spacial score (nSPS) is 12.5. The fraction of sp³-hybridized carbons (Fsp3) is 0.917. The summed E-state index contributed by atoms with van der Waals surface area (Å²) in [6, 6.07) is 0.372. The van der Waals surface area contributed by atoms with Crippen molar-refractivity contribution in [3.8, 4) is 0 Å². The van der Waals surface area contributed by atoms with Crippen LogP contribution in [0.2, 0.25) is 0 Å². The van der Waals surface area contributed by atoms with Gasteiger partial charge in [-0.15, -0.1) is 0 Å². The van der Waals surface area contributed by atoms with Crippen molar-refractivity contribution < 1.29 is 4.79 Å². The van der Waals surface area contributed by atoms with Crippen molar-refractivity contribution in [3.05, 3.63) is 0 Å². The first-order valence-corrected chi connectivity index (χ1v) is 6.09. The number of carbonyl (C=O) groups excluding carboxylic acids is 1. The predicted octanol–water partition coefficient (Wildman–Crippen LogP) is 2.15. The van der Waals surface area contributed by atoms with Gasteiger partial charge in [0.2, 0.25) is 5.91 Å². The summed E-state index contributed by atoms with van der Waals surface area (Å²) in [7, 11) is 1.91. The Balaban J connectivity index is 3.68. The molecule has 0 rings (SSSR count). The van der Waals surface area contributed by atoms with Crippen molar-refractivity contribution in [1.82, 2.24) is 4.90 Å². The van der Waals surface area contributed by atoms with Crippen LogP contribution in [0.15, 0.2) is 0 Å². The van der Waals surface area contributed by atoms with Gasteiger partial charge in [-0.3, -0.25) is 4.79 Å². The maximum absolute atomic E-state index is 11.7. The molecule has 1 amide bonds. The van der Waals surface area contributed by atoms with E-state index in [9.17, 15) is 4.79 Å². The minimum atomic E-state index is 0.271. The third kappa shape index (κ3) is 6.50. The molecule has 1 unspecified atom stereocenters. The Labute approximate surface area is 94.0 Å². The van der Waals surface area contributed by atoms with Crippen LogP contribution in [-0.2, 0) is 4.79 Å². The largest absolute Gasteiger partial charge is 0.343 e. The highest BCUT2D eigenvalue weighted by atomic mass is 16.2. The zero-order valence-electron chi connectivity index (χ0n) is 10.5. The molecule has 0 aliphatic carbocycles. The van der Waals surface area contributed by atoms with E-state index >= 15 is 0 Å². The summed E-state index contributed by atoms with van der Waals surface area (Å²) >= 11 is 0. The number of nitrogens with two attached hydrogens (primary N) is 1. The molecule has 0 heterocycles. The molecule has 1 atom stereocenters. The first kappa shape index (κ1) is 14.4. The van der Waals surface area contributed by atoms with Gasteiger partial charge < -0.3 is 10.6 Å². The molecule has 0 aromatic carbocycles. The lowest BCUT2D eigenvalue weighted by molar-refractivity contribution is -0.131. The molecule has 0 saturated carbocycles. The quantitative estimate of drug-likeness (QED) is 0.629. The Morgan fingerprint density at radius 1 is 1.33 bits per heavy atom. The lowest BCUT2D eigenvalue weighted by atomic mass is 10.1. The molecule has 15 heavy (non-hydrogen) atoms. The zero-order chi connectivity index (χ0) is 11.7. The van der Waals surface area contributed by atoms with E-state index in [4.69, 9.17) is 5.73 Å². The van der Waals surface area contributed by atoms with Crippen LogP contribution in [0.5, 0.6) is 0 Å². The van der Waals surface area contributed by atoms with Gasteiger partial charge in [-0.1, -0.05) is 19.8 Å². The molecule has 0 aliphatic heterocycles. The summed E-state index contributed by atoms with van der Waals surface area (Å²) in [5, 5.41) is 0. The van der Waals surface area contributed by atoms with Gasteiger partial charge in [-0.2, -0.15) is 0 Å². The van der Waals surface area contributed by atoms with Crippen molar-refractivity contribution in [2.24, 2.45) is 5.73 Å². The number of carbonyl (C=O) groups is 1. The molecule has 0 aromatic heterocycles. The second-order valence-corrected chi connectivity index (χ2v) is 4.24. The van der Waals surface area contributed by atoms with Crippen LogP contribution in [0, 0.1) is 0 Å². The molecule has 3 heteroatoms. The smallest absolute Gasteiger partial charge is 0.222 e.